The highest BCUT2D eigenvalue weighted by molar-refractivity contribution is 6.10. The van der Waals surface area contributed by atoms with Gasteiger partial charge >= 0.3 is 0 Å². The molecule has 0 aliphatic heterocycles. The first-order valence-corrected chi connectivity index (χ1v) is 13.2. The van der Waals surface area contributed by atoms with Gasteiger partial charge in [-0.1, -0.05) is 109 Å². The van der Waals surface area contributed by atoms with Crippen molar-refractivity contribution in [3.8, 4) is 33.4 Å². The molecule has 1 nitrogen and oxygen atoms in total. The van der Waals surface area contributed by atoms with Crippen molar-refractivity contribution in [1.82, 2.24) is 0 Å². The third-order valence-corrected chi connectivity index (χ3v) is 8.69. The van der Waals surface area contributed by atoms with Gasteiger partial charge in [0.05, 0.1) is 5.41 Å². The highest BCUT2D eigenvalue weighted by atomic mass is 16.3. The van der Waals surface area contributed by atoms with Crippen molar-refractivity contribution in [3.63, 3.8) is 0 Å². The monoisotopic (exact) mass is 482 g/mol. The van der Waals surface area contributed by atoms with Gasteiger partial charge in [0, 0.05) is 10.8 Å². The second-order valence-corrected chi connectivity index (χ2v) is 10.5. The van der Waals surface area contributed by atoms with E-state index in [1.165, 1.54) is 61.0 Å². The maximum absolute atomic E-state index is 6.55. The van der Waals surface area contributed by atoms with E-state index in [9.17, 15) is 0 Å². The summed E-state index contributed by atoms with van der Waals surface area (Å²) in [6.07, 6.45) is 0. The predicted molar refractivity (Wildman–Crippen MR) is 155 cm³/mol. The molecule has 2 aliphatic rings. The molecular weight excluding hydrogens is 460 g/mol. The Kier molecular flexibility index (Phi) is 3.78. The van der Waals surface area contributed by atoms with Gasteiger partial charge in [0.1, 0.15) is 11.2 Å². The van der Waals surface area contributed by atoms with E-state index in [4.69, 9.17) is 4.42 Å². The number of furan rings is 1. The van der Waals surface area contributed by atoms with E-state index in [-0.39, 0.29) is 5.41 Å². The second kappa shape index (κ2) is 7.12. The summed E-state index contributed by atoms with van der Waals surface area (Å²) in [6, 6.07) is 48.6. The average Bonchev–Trinajstić information content (AvgIpc) is 3.60. The first-order valence-electron chi connectivity index (χ1n) is 13.2. The summed E-state index contributed by atoms with van der Waals surface area (Å²) in [6.45, 7) is 0. The summed E-state index contributed by atoms with van der Waals surface area (Å²) >= 11 is 0. The van der Waals surface area contributed by atoms with Gasteiger partial charge in [0.2, 0.25) is 0 Å². The maximum atomic E-state index is 6.55. The van der Waals surface area contributed by atoms with Crippen molar-refractivity contribution in [2.45, 2.75) is 5.41 Å². The minimum absolute atomic E-state index is 0.346. The lowest BCUT2D eigenvalue weighted by Gasteiger charge is -2.30. The van der Waals surface area contributed by atoms with E-state index >= 15 is 0 Å². The van der Waals surface area contributed by atoms with Crippen LogP contribution >= 0.6 is 0 Å². The molecule has 1 heteroatoms. The van der Waals surface area contributed by atoms with Crippen molar-refractivity contribution in [3.05, 3.63) is 156 Å². The van der Waals surface area contributed by atoms with Crippen molar-refractivity contribution in [2.75, 3.05) is 0 Å². The van der Waals surface area contributed by atoms with Crippen LogP contribution in [-0.2, 0) is 5.41 Å². The second-order valence-electron chi connectivity index (χ2n) is 10.5. The van der Waals surface area contributed by atoms with E-state index in [1.807, 2.05) is 0 Å². The Morgan fingerprint density at radius 2 is 0.921 bits per heavy atom. The van der Waals surface area contributed by atoms with E-state index in [2.05, 4.69) is 133 Å². The molecule has 1 spiro atoms. The smallest absolute Gasteiger partial charge is 0.135 e. The zero-order valence-electron chi connectivity index (χ0n) is 20.6. The number of benzene rings is 6. The van der Waals surface area contributed by atoms with Crippen molar-refractivity contribution < 1.29 is 4.42 Å². The number of hydrogen-bond donors (Lipinski definition) is 0. The van der Waals surface area contributed by atoms with Crippen LogP contribution in [0.4, 0.5) is 0 Å². The van der Waals surface area contributed by atoms with Crippen LogP contribution < -0.4 is 0 Å². The van der Waals surface area contributed by atoms with Gasteiger partial charge in [-0.3, -0.25) is 0 Å². The minimum Gasteiger partial charge on any atom is -0.456 e. The van der Waals surface area contributed by atoms with Crippen LogP contribution in [0.5, 0.6) is 0 Å². The van der Waals surface area contributed by atoms with Gasteiger partial charge in [-0.2, -0.15) is 0 Å². The molecule has 6 aromatic carbocycles. The van der Waals surface area contributed by atoms with Crippen molar-refractivity contribution in [2.24, 2.45) is 0 Å². The quantitative estimate of drug-likeness (QED) is 0.227. The number of hydrogen-bond acceptors (Lipinski definition) is 1. The molecule has 1 aromatic heterocycles. The van der Waals surface area contributed by atoms with Crippen LogP contribution in [0.1, 0.15) is 22.3 Å². The topological polar surface area (TPSA) is 13.1 Å². The third kappa shape index (κ3) is 2.37. The molecule has 0 saturated carbocycles. The molecule has 2 aliphatic carbocycles. The van der Waals surface area contributed by atoms with Gasteiger partial charge in [0.25, 0.3) is 0 Å². The van der Waals surface area contributed by atoms with Crippen LogP contribution in [0, 0.1) is 0 Å². The standard InChI is InChI=1S/C37H22O/c1-2-10-23(11-3-1)24-18-19-35-29(20-24)30-21-28-27-14-6-9-17-33(27)37(34(28)22-36(30)38-35)31-15-7-4-12-25(31)26-13-5-8-16-32(26)37/h1-22H. The molecule has 38 heavy (non-hydrogen) atoms. The van der Waals surface area contributed by atoms with Gasteiger partial charge in [0.15, 0.2) is 0 Å². The molecule has 0 fully saturated rings. The molecule has 0 radical (unpaired) electrons. The Balaban J connectivity index is 1.40. The lowest BCUT2D eigenvalue weighted by atomic mass is 9.70. The SMILES string of the molecule is c1ccc(-c2ccc3oc4cc5c(cc4c3c2)-c2ccccc2C52c3ccccc3-c3ccccc32)cc1. The predicted octanol–water partition coefficient (Wildman–Crippen LogP) is 9.60. The van der Waals surface area contributed by atoms with Gasteiger partial charge < -0.3 is 4.42 Å². The fourth-order valence-electron chi connectivity index (χ4n) is 7.17. The van der Waals surface area contributed by atoms with E-state index < -0.39 is 0 Å². The van der Waals surface area contributed by atoms with Gasteiger partial charge in [-0.15, -0.1) is 0 Å². The largest absolute Gasteiger partial charge is 0.456 e. The molecule has 176 valence electrons. The molecule has 7 aromatic rings. The Labute approximate surface area is 220 Å². The Morgan fingerprint density at radius 3 is 1.58 bits per heavy atom. The van der Waals surface area contributed by atoms with Gasteiger partial charge in [-0.25, -0.2) is 0 Å². The highest BCUT2D eigenvalue weighted by Crippen LogP contribution is 2.63. The van der Waals surface area contributed by atoms with E-state index in [0.717, 1.165) is 16.6 Å². The first kappa shape index (κ1) is 20.2. The lowest BCUT2D eigenvalue weighted by molar-refractivity contribution is 0.666. The average molecular weight is 483 g/mol. The highest BCUT2D eigenvalue weighted by Gasteiger charge is 2.51. The Morgan fingerprint density at radius 1 is 0.368 bits per heavy atom. The Hall–Kier alpha value is -4.88. The molecule has 0 saturated heterocycles. The molecule has 0 bridgehead atoms. The number of rotatable bonds is 1. The van der Waals surface area contributed by atoms with Crippen LogP contribution in [0.3, 0.4) is 0 Å². The summed E-state index contributed by atoms with van der Waals surface area (Å²) in [5.74, 6) is 0. The van der Waals surface area contributed by atoms with Crippen molar-refractivity contribution in [1.29, 1.82) is 0 Å². The summed E-state index contributed by atoms with van der Waals surface area (Å²) in [5.41, 5.74) is 14.6. The zero-order chi connectivity index (χ0) is 24.8. The zero-order valence-corrected chi connectivity index (χ0v) is 20.6. The molecule has 0 atom stereocenters. The van der Waals surface area contributed by atoms with Crippen LogP contribution in [0.15, 0.2) is 138 Å². The fraction of sp³-hybridized carbons (Fsp3) is 0.0270. The molecule has 9 rings (SSSR count). The summed E-state index contributed by atoms with van der Waals surface area (Å²) in [5, 5.41) is 2.33. The maximum Gasteiger partial charge on any atom is 0.135 e. The van der Waals surface area contributed by atoms with Gasteiger partial charge in [-0.05, 0) is 79.9 Å². The third-order valence-electron chi connectivity index (χ3n) is 8.69. The van der Waals surface area contributed by atoms with E-state index in [0.29, 0.717) is 0 Å². The first-order chi connectivity index (χ1) is 18.8. The molecule has 0 N–H and O–H groups in total. The lowest BCUT2D eigenvalue weighted by Crippen LogP contribution is -2.25. The summed E-state index contributed by atoms with van der Waals surface area (Å²) in [7, 11) is 0. The van der Waals surface area contributed by atoms with E-state index in [1.54, 1.807) is 0 Å². The normalized spacial score (nSPS) is 14.0. The van der Waals surface area contributed by atoms with Crippen LogP contribution in [-0.4, -0.2) is 0 Å². The van der Waals surface area contributed by atoms with Crippen molar-refractivity contribution >= 4 is 21.9 Å². The fourth-order valence-corrected chi connectivity index (χ4v) is 7.17. The van der Waals surface area contributed by atoms with Crippen LogP contribution in [0.25, 0.3) is 55.3 Å². The number of fused-ring (bicyclic) bond motifs is 13. The van der Waals surface area contributed by atoms with Crippen LogP contribution in [0.2, 0.25) is 0 Å². The molecule has 0 amide bonds. The summed E-state index contributed by atoms with van der Waals surface area (Å²) in [4.78, 5) is 0. The minimum atomic E-state index is -0.346. The molecule has 0 unspecified atom stereocenters. The Bertz CT molecular complexity index is 2030. The summed E-state index contributed by atoms with van der Waals surface area (Å²) < 4.78 is 6.55. The molecular formula is C37H22O. The molecule has 1 heterocycles.